The third-order valence-electron chi connectivity index (χ3n) is 3.84. The van der Waals surface area contributed by atoms with E-state index in [1.807, 2.05) is 17.8 Å². The van der Waals surface area contributed by atoms with Crippen molar-refractivity contribution >= 4 is 11.6 Å². The second-order valence-electron chi connectivity index (χ2n) is 5.72. The highest BCUT2D eigenvalue weighted by molar-refractivity contribution is 6.04. The van der Waals surface area contributed by atoms with Gasteiger partial charge in [0.1, 0.15) is 11.5 Å². The van der Waals surface area contributed by atoms with Gasteiger partial charge >= 0.3 is 0 Å². The molecule has 118 valence electrons. The van der Waals surface area contributed by atoms with Gasteiger partial charge in [-0.15, -0.1) is 0 Å². The van der Waals surface area contributed by atoms with Gasteiger partial charge in [0.2, 0.25) is 0 Å². The Morgan fingerprint density at radius 2 is 2.32 bits per heavy atom. The fraction of sp³-hybridized carbons (Fsp3) is 0.500. The normalized spacial score (nSPS) is 18.4. The van der Waals surface area contributed by atoms with Crippen LogP contribution in [0.3, 0.4) is 0 Å². The summed E-state index contributed by atoms with van der Waals surface area (Å²) < 4.78 is 12.9. The number of nitrogens with zero attached hydrogens (tertiary/aromatic N) is 2. The Kier molecular flexibility index (Phi) is 4.29. The highest BCUT2D eigenvalue weighted by Gasteiger charge is 2.16. The molecule has 2 aromatic heterocycles. The molecule has 1 aliphatic heterocycles. The number of carbonyl (C=O) groups excluding carboxylic acids is 1. The van der Waals surface area contributed by atoms with Crippen LogP contribution in [0.1, 0.15) is 41.1 Å². The van der Waals surface area contributed by atoms with Gasteiger partial charge in [-0.25, -0.2) is 0 Å². The fourth-order valence-electron chi connectivity index (χ4n) is 2.74. The molecule has 1 saturated heterocycles. The molecular weight excluding hydrogens is 282 g/mol. The van der Waals surface area contributed by atoms with E-state index < -0.39 is 0 Å². The maximum absolute atomic E-state index is 12.2. The molecule has 0 aliphatic carbocycles. The summed E-state index contributed by atoms with van der Waals surface area (Å²) in [5.41, 5.74) is 1.24. The number of furan rings is 1. The minimum atomic E-state index is -0.178. The lowest BCUT2D eigenvalue weighted by Gasteiger charge is -2.22. The van der Waals surface area contributed by atoms with Crippen LogP contribution in [0.4, 0.5) is 5.69 Å². The number of carbonyl (C=O) groups is 1. The first-order valence-corrected chi connectivity index (χ1v) is 7.64. The van der Waals surface area contributed by atoms with Crippen molar-refractivity contribution in [1.82, 2.24) is 9.78 Å². The first kappa shape index (κ1) is 14.8. The Labute approximate surface area is 129 Å². The van der Waals surface area contributed by atoms with Crippen LogP contribution in [0.25, 0.3) is 0 Å². The lowest BCUT2D eigenvalue weighted by molar-refractivity contribution is 0.00401. The third-order valence-corrected chi connectivity index (χ3v) is 3.84. The number of ether oxygens (including phenoxy) is 1. The molecule has 1 aliphatic rings. The number of amides is 1. The standard InChI is InChI=1S/C16H21N3O3/c1-11-7-15(12(2)22-11)16(20)18-13-8-17-19(9-13)10-14-5-3-4-6-21-14/h7-9,14H,3-6,10H2,1-2H3,(H,18,20)/t14-/m0/s1. The van der Waals surface area contributed by atoms with Gasteiger partial charge in [-0.05, 0) is 39.2 Å². The average Bonchev–Trinajstić information content (AvgIpc) is 3.06. The van der Waals surface area contributed by atoms with Crippen LogP contribution in [0.2, 0.25) is 0 Å². The van der Waals surface area contributed by atoms with Crippen LogP contribution in [0.5, 0.6) is 0 Å². The van der Waals surface area contributed by atoms with Crippen molar-refractivity contribution in [3.8, 4) is 0 Å². The van der Waals surface area contributed by atoms with Crippen LogP contribution in [-0.4, -0.2) is 28.4 Å². The van der Waals surface area contributed by atoms with Crippen molar-refractivity contribution in [3.63, 3.8) is 0 Å². The van der Waals surface area contributed by atoms with E-state index in [9.17, 15) is 4.79 Å². The Morgan fingerprint density at radius 1 is 1.45 bits per heavy atom. The average molecular weight is 303 g/mol. The molecule has 1 atom stereocenters. The van der Waals surface area contributed by atoms with Gasteiger partial charge in [-0.3, -0.25) is 9.48 Å². The predicted octanol–water partition coefficient (Wildman–Crippen LogP) is 2.91. The van der Waals surface area contributed by atoms with Crippen LogP contribution < -0.4 is 5.32 Å². The van der Waals surface area contributed by atoms with Gasteiger partial charge in [0.05, 0.1) is 30.1 Å². The van der Waals surface area contributed by atoms with Crippen molar-refractivity contribution < 1.29 is 13.9 Å². The van der Waals surface area contributed by atoms with Gasteiger partial charge in [0.15, 0.2) is 0 Å². The predicted molar refractivity (Wildman–Crippen MR) is 82.0 cm³/mol. The monoisotopic (exact) mass is 303 g/mol. The maximum atomic E-state index is 12.2. The van der Waals surface area contributed by atoms with Gasteiger partial charge in [-0.2, -0.15) is 5.10 Å². The molecule has 6 nitrogen and oxygen atoms in total. The zero-order chi connectivity index (χ0) is 15.5. The number of hydrogen-bond acceptors (Lipinski definition) is 4. The van der Waals surface area contributed by atoms with Gasteiger partial charge in [-0.1, -0.05) is 0 Å². The molecule has 2 aromatic rings. The van der Waals surface area contributed by atoms with E-state index in [0.29, 0.717) is 17.0 Å². The number of aromatic nitrogens is 2. The molecule has 0 radical (unpaired) electrons. The maximum Gasteiger partial charge on any atom is 0.259 e. The van der Waals surface area contributed by atoms with Crippen molar-refractivity contribution in [1.29, 1.82) is 0 Å². The molecule has 1 fully saturated rings. The first-order chi connectivity index (χ1) is 10.6. The summed E-state index contributed by atoms with van der Waals surface area (Å²) in [6.45, 7) is 5.16. The molecular formula is C16H21N3O3. The molecule has 0 unspecified atom stereocenters. The second kappa shape index (κ2) is 6.36. The van der Waals surface area contributed by atoms with E-state index in [1.165, 1.54) is 6.42 Å². The molecule has 1 N–H and O–H groups in total. The van der Waals surface area contributed by atoms with Crippen molar-refractivity contribution in [2.75, 3.05) is 11.9 Å². The second-order valence-corrected chi connectivity index (χ2v) is 5.72. The molecule has 0 spiro atoms. The van der Waals surface area contributed by atoms with Gasteiger partial charge in [0.25, 0.3) is 5.91 Å². The van der Waals surface area contributed by atoms with Crippen LogP contribution in [-0.2, 0) is 11.3 Å². The molecule has 0 bridgehead atoms. The Hall–Kier alpha value is -2.08. The lowest BCUT2D eigenvalue weighted by atomic mass is 10.1. The Morgan fingerprint density at radius 3 is 3.00 bits per heavy atom. The molecule has 3 rings (SSSR count). The van der Waals surface area contributed by atoms with Gasteiger partial charge in [0, 0.05) is 12.8 Å². The highest BCUT2D eigenvalue weighted by atomic mass is 16.5. The zero-order valence-electron chi connectivity index (χ0n) is 13.0. The molecule has 22 heavy (non-hydrogen) atoms. The quantitative estimate of drug-likeness (QED) is 0.943. The Balaban J connectivity index is 1.61. The summed E-state index contributed by atoms with van der Waals surface area (Å²) in [4.78, 5) is 12.2. The topological polar surface area (TPSA) is 69.3 Å². The number of hydrogen-bond donors (Lipinski definition) is 1. The molecule has 1 amide bonds. The molecule has 0 aromatic carbocycles. The molecule has 0 saturated carbocycles. The number of rotatable bonds is 4. The summed E-state index contributed by atoms with van der Waals surface area (Å²) in [6.07, 6.45) is 7.11. The van der Waals surface area contributed by atoms with Crippen LogP contribution in [0, 0.1) is 13.8 Å². The summed E-state index contributed by atoms with van der Waals surface area (Å²) in [7, 11) is 0. The zero-order valence-corrected chi connectivity index (χ0v) is 13.0. The minimum absolute atomic E-state index is 0.178. The Bertz CT molecular complexity index is 653. The summed E-state index contributed by atoms with van der Waals surface area (Å²) >= 11 is 0. The van der Waals surface area contributed by atoms with E-state index in [4.69, 9.17) is 9.15 Å². The first-order valence-electron chi connectivity index (χ1n) is 7.64. The SMILES string of the molecule is Cc1cc(C(=O)Nc2cnn(C[C@@H]3CCCCO3)c2)c(C)o1. The summed E-state index contributed by atoms with van der Waals surface area (Å²) in [5.74, 6) is 1.17. The van der Waals surface area contributed by atoms with E-state index in [2.05, 4.69) is 10.4 Å². The minimum Gasteiger partial charge on any atom is -0.466 e. The van der Waals surface area contributed by atoms with E-state index >= 15 is 0 Å². The van der Waals surface area contributed by atoms with Crippen molar-refractivity contribution in [2.45, 2.75) is 45.8 Å². The number of nitrogens with one attached hydrogen (secondary N) is 1. The smallest absolute Gasteiger partial charge is 0.259 e. The fourth-order valence-corrected chi connectivity index (χ4v) is 2.74. The van der Waals surface area contributed by atoms with Crippen LogP contribution in [0.15, 0.2) is 22.9 Å². The van der Waals surface area contributed by atoms with E-state index in [-0.39, 0.29) is 12.0 Å². The molecule has 6 heteroatoms. The largest absolute Gasteiger partial charge is 0.466 e. The van der Waals surface area contributed by atoms with Crippen LogP contribution >= 0.6 is 0 Å². The van der Waals surface area contributed by atoms with E-state index in [0.717, 1.165) is 31.8 Å². The van der Waals surface area contributed by atoms with E-state index in [1.54, 1.807) is 19.2 Å². The summed E-state index contributed by atoms with van der Waals surface area (Å²) in [6, 6.07) is 1.74. The number of aryl methyl sites for hydroxylation is 2. The third kappa shape index (κ3) is 3.39. The lowest BCUT2D eigenvalue weighted by Crippen LogP contribution is -2.24. The van der Waals surface area contributed by atoms with Gasteiger partial charge < -0.3 is 14.5 Å². The summed E-state index contributed by atoms with van der Waals surface area (Å²) in [5, 5.41) is 7.13. The van der Waals surface area contributed by atoms with Crippen molar-refractivity contribution in [2.24, 2.45) is 0 Å². The highest BCUT2D eigenvalue weighted by Crippen LogP contribution is 2.17. The molecule has 3 heterocycles. The number of anilines is 1. The van der Waals surface area contributed by atoms with Crippen molar-refractivity contribution in [3.05, 3.63) is 35.5 Å².